The second-order valence-electron chi connectivity index (χ2n) is 5.43. The molecule has 1 atom stereocenters. The molecule has 3 aromatic rings. The first-order valence-corrected chi connectivity index (χ1v) is 8.23. The zero-order valence-electron chi connectivity index (χ0n) is 12.6. The third-order valence-corrected chi connectivity index (χ3v) is 4.74. The van der Waals surface area contributed by atoms with Crippen LogP contribution in [-0.2, 0) is 4.79 Å². The molecule has 0 spiro atoms. The number of fused-ring (bicyclic) bond motifs is 1. The van der Waals surface area contributed by atoms with E-state index in [9.17, 15) is 18.4 Å². The Labute approximate surface area is 143 Å². The van der Waals surface area contributed by atoms with Crippen LogP contribution < -0.4 is 15.8 Å². The van der Waals surface area contributed by atoms with E-state index in [1.807, 2.05) is 0 Å². The van der Waals surface area contributed by atoms with E-state index >= 15 is 0 Å². The largest absolute Gasteiger partial charge is 0.348 e. The van der Waals surface area contributed by atoms with E-state index in [-0.39, 0.29) is 17.8 Å². The van der Waals surface area contributed by atoms with E-state index in [0.717, 1.165) is 32.9 Å². The molecular weight excluding hydrogens is 352 g/mol. The van der Waals surface area contributed by atoms with Crippen molar-refractivity contribution in [2.45, 2.75) is 12.5 Å². The van der Waals surface area contributed by atoms with Crippen molar-refractivity contribution < 1.29 is 13.6 Å². The Morgan fingerprint density at radius 1 is 1.20 bits per heavy atom. The average Bonchev–Trinajstić information content (AvgIpc) is 3.14. The summed E-state index contributed by atoms with van der Waals surface area (Å²) in [5.74, 6) is -2.03. The lowest BCUT2D eigenvalue weighted by atomic mass is 10.2. The number of carbonyl (C=O) groups excluding carboxylic acids is 1. The average molecular weight is 363 g/mol. The van der Waals surface area contributed by atoms with Crippen LogP contribution in [0.3, 0.4) is 0 Å². The van der Waals surface area contributed by atoms with Crippen LogP contribution in [0.15, 0.2) is 35.3 Å². The number of rotatable bonds is 3. The molecule has 0 aliphatic carbocycles. The first kappa shape index (κ1) is 15.6. The van der Waals surface area contributed by atoms with E-state index in [0.29, 0.717) is 16.5 Å². The van der Waals surface area contributed by atoms with E-state index < -0.39 is 23.6 Å². The number of benzene rings is 1. The van der Waals surface area contributed by atoms with Gasteiger partial charge in [0.2, 0.25) is 16.0 Å². The summed E-state index contributed by atoms with van der Waals surface area (Å²) in [5, 5.41) is 7.33. The van der Waals surface area contributed by atoms with Gasteiger partial charge in [0.1, 0.15) is 23.4 Å². The maximum absolute atomic E-state index is 13.9. The van der Waals surface area contributed by atoms with Gasteiger partial charge in [-0.3, -0.25) is 9.59 Å². The Balaban J connectivity index is 1.59. The summed E-state index contributed by atoms with van der Waals surface area (Å²) in [5.41, 5.74) is -0.680. The monoisotopic (exact) mass is 363 g/mol. The van der Waals surface area contributed by atoms with Crippen LogP contribution >= 0.6 is 11.3 Å². The van der Waals surface area contributed by atoms with Gasteiger partial charge >= 0.3 is 0 Å². The van der Waals surface area contributed by atoms with Gasteiger partial charge in [-0.25, -0.2) is 13.8 Å². The van der Waals surface area contributed by atoms with E-state index in [1.54, 1.807) is 0 Å². The zero-order valence-corrected chi connectivity index (χ0v) is 13.5. The number of halogens is 2. The minimum atomic E-state index is -0.787. The Morgan fingerprint density at radius 3 is 2.68 bits per heavy atom. The zero-order chi connectivity index (χ0) is 17.6. The fourth-order valence-corrected chi connectivity index (χ4v) is 3.56. The molecular formula is C15H11F2N5O2S. The molecule has 1 aliphatic heterocycles. The van der Waals surface area contributed by atoms with Crippen molar-refractivity contribution in [3.8, 4) is 0 Å². The lowest BCUT2D eigenvalue weighted by Gasteiger charge is -2.18. The molecule has 25 heavy (non-hydrogen) atoms. The van der Waals surface area contributed by atoms with Crippen molar-refractivity contribution >= 4 is 33.0 Å². The summed E-state index contributed by atoms with van der Waals surface area (Å²) < 4.78 is 28.9. The molecule has 1 unspecified atom stereocenters. The Hall–Kier alpha value is -2.88. The van der Waals surface area contributed by atoms with Crippen LogP contribution in [0.2, 0.25) is 0 Å². The minimum absolute atomic E-state index is 0.178. The number of nitrogens with one attached hydrogen (secondary N) is 1. The third-order valence-electron chi connectivity index (χ3n) is 3.88. The lowest BCUT2D eigenvalue weighted by Crippen LogP contribution is -2.34. The van der Waals surface area contributed by atoms with E-state index in [4.69, 9.17) is 0 Å². The van der Waals surface area contributed by atoms with E-state index in [1.165, 1.54) is 18.3 Å². The molecule has 0 bridgehead atoms. The Bertz CT molecular complexity index is 1010. The highest BCUT2D eigenvalue weighted by Crippen LogP contribution is 2.29. The number of hydrogen-bond acceptors (Lipinski definition) is 6. The van der Waals surface area contributed by atoms with Gasteiger partial charge < -0.3 is 10.2 Å². The molecule has 2 aromatic heterocycles. The molecule has 1 amide bonds. The summed E-state index contributed by atoms with van der Waals surface area (Å²) >= 11 is 1.11. The molecule has 128 valence electrons. The van der Waals surface area contributed by atoms with Crippen molar-refractivity contribution in [1.29, 1.82) is 0 Å². The predicted octanol–water partition coefficient (Wildman–Crippen LogP) is 1.65. The van der Waals surface area contributed by atoms with Crippen LogP contribution in [0.5, 0.6) is 0 Å². The molecule has 0 saturated carbocycles. The standard InChI is InChI=1S/C15H11F2N5O2S/c16-8-2-1-3-9(17)12(8)21-7-5-10(13(21)24)19-14-20-22-11(23)4-6-18-15(22)25-14/h1-4,6,10H,5,7H2,(H,19,20). The smallest absolute Gasteiger partial charge is 0.275 e. The third kappa shape index (κ3) is 2.64. The quantitative estimate of drug-likeness (QED) is 0.765. The normalized spacial score (nSPS) is 17.4. The Morgan fingerprint density at radius 2 is 1.96 bits per heavy atom. The highest BCUT2D eigenvalue weighted by atomic mass is 32.1. The molecule has 1 fully saturated rings. The number of aromatic nitrogens is 3. The molecule has 4 rings (SSSR count). The lowest BCUT2D eigenvalue weighted by molar-refractivity contribution is -0.117. The maximum atomic E-state index is 13.9. The summed E-state index contributed by atoms with van der Waals surface area (Å²) in [7, 11) is 0. The number of para-hydroxylation sites is 1. The van der Waals surface area contributed by atoms with Crippen LogP contribution in [0, 0.1) is 11.6 Å². The van der Waals surface area contributed by atoms with Crippen LogP contribution in [0.25, 0.3) is 4.96 Å². The molecule has 1 N–H and O–H groups in total. The SMILES string of the molecule is O=C1C(Nc2nn3c(=O)ccnc3s2)CCN1c1c(F)cccc1F. The van der Waals surface area contributed by atoms with Crippen LogP contribution in [0.1, 0.15) is 6.42 Å². The summed E-state index contributed by atoms with van der Waals surface area (Å²) in [6, 6.07) is 4.06. The van der Waals surface area contributed by atoms with Gasteiger partial charge in [0.15, 0.2) is 0 Å². The molecule has 1 aromatic carbocycles. The van der Waals surface area contributed by atoms with Gasteiger partial charge in [0.05, 0.1) is 0 Å². The summed E-state index contributed by atoms with van der Waals surface area (Å²) in [6.45, 7) is 0.178. The van der Waals surface area contributed by atoms with Crippen molar-refractivity contribution in [3.05, 3.63) is 52.5 Å². The highest BCUT2D eigenvalue weighted by Gasteiger charge is 2.35. The molecule has 1 saturated heterocycles. The fourth-order valence-electron chi connectivity index (χ4n) is 2.73. The highest BCUT2D eigenvalue weighted by molar-refractivity contribution is 7.20. The van der Waals surface area contributed by atoms with E-state index in [2.05, 4.69) is 15.4 Å². The van der Waals surface area contributed by atoms with Gasteiger partial charge in [-0.15, -0.1) is 5.10 Å². The molecule has 10 heteroatoms. The van der Waals surface area contributed by atoms with Crippen molar-refractivity contribution in [3.63, 3.8) is 0 Å². The second-order valence-corrected chi connectivity index (χ2v) is 6.39. The van der Waals surface area contributed by atoms with Crippen molar-refractivity contribution in [2.75, 3.05) is 16.8 Å². The molecule has 0 radical (unpaired) electrons. The number of anilines is 2. The predicted molar refractivity (Wildman–Crippen MR) is 87.9 cm³/mol. The van der Waals surface area contributed by atoms with Crippen LogP contribution in [0.4, 0.5) is 19.6 Å². The number of nitrogens with zero attached hydrogens (tertiary/aromatic N) is 4. The van der Waals surface area contributed by atoms with Gasteiger partial charge in [0, 0.05) is 18.8 Å². The molecule has 1 aliphatic rings. The molecule has 7 nitrogen and oxygen atoms in total. The first-order valence-electron chi connectivity index (χ1n) is 7.41. The van der Waals surface area contributed by atoms with Gasteiger partial charge in [0.25, 0.3) is 5.56 Å². The first-order chi connectivity index (χ1) is 12.0. The minimum Gasteiger partial charge on any atom is -0.348 e. The molecule has 3 heterocycles. The topological polar surface area (TPSA) is 79.6 Å². The number of hydrogen-bond donors (Lipinski definition) is 1. The second kappa shape index (κ2) is 5.88. The number of amides is 1. The van der Waals surface area contributed by atoms with Gasteiger partial charge in [-0.05, 0) is 18.6 Å². The Kier molecular flexibility index (Phi) is 3.68. The summed E-state index contributed by atoms with van der Waals surface area (Å²) in [6.07, 6.45) is 1.73. The van der Waals surface area contributed by atoms with Crippen molar-refractivity contribution in [1.82, 2.24) is 14.6 Å². The van der Waals surface area contributed by atoms with Gasteiger partial charge in [-0.1, -0.05) is 17.4 Å². The maximum Gasteiger partial charge on any atom is 0.275 e. The van der Waals surface area contributed by atoms with Crippen LogP contribution in [-0.4, -0.2) is 33.1 Å². The fraction of sp³-hybridized carbons (Fsp3) is 0.200. The number of carbonyl (C=O) groups is 1. The summed E-state index contributed by atoms with van der Waals surface area (Å²) in [4.78, 5) is 29.7. The van der Waals surface area contributed by atoms with Crippen molar-refractivity contribution in [2.24, 2.45) is 0 Å². The van der Waals surface area contributed by atoms with Gasteiger partial charge in [-0.2, -0.15) is 4.52 Å².